The summed E-state index contributed by atoms with van der Waals surface area (Å²) in [7, 11) is -3.44. The molecule has 0 saturated heterocycles. The summed E-state index contributed by atoms with van der Waals surface area (Å²) in [5.41, 5.74) is 2.29. The van der Waals surface area contributed by atoms with Gasteiger partial charge in [-0.15, -0.1) is 0 Å². The van der Waals surface area contributed by atoms with Crippen LogP contribution in [0.2, 0.25) is 0 Å². The number of ether oxygens (including phenoxy) is 1. The van der Waals surface area contributed by atoms with Gasteiger partial charge in [-0.05, 0) is 55.3 Å². The topological polar surface area (TPSA) is 80.3 Å². The molecule has 0 bridgehead atoms. The van der Waals surface area contributed by atoms with Crippen molar-refractivity contribution in [3.8, 4) is 5.75 Å². The zero-order valence-corrected chi connectivity index (χ0v) is 16.4. The predicted molar refractivity (Wildman–Crippen MR) is 113 cm³/mol. The van der Waals surface area contributed by atoms with Crippen molar-refractivity contribution in [3.05, 3.63) is 78.5 Å². The van der Waals surface area contributed by atoms with Crippen LogP contribution in [0.4, 0.5) is 17.2 Å². The van der Waals surface area contributed by atoms with E-state index in [1.54, 1.807) is 12.1 Å². The van der Waals surface area contributed by atoms with E-state index in [0.717, 1.165) is 17.0 Å². The van der Waals surface area contributed by atoms with E-state index in [4.69, 9.17) is 4.74 Å². The van der Waals surface area contributed by atoms with Crippen LogP contribution in [-0.4, -0.2) is 25.8 Å². The maximum absolute atomic E-state index is 12.3. The van der Waals surface area contributed by atoms with Crippen LogP contribution in [0.5, 0.6) is 5.75 Å². The molecule has 1 aromatic heterocycles. The van der Waals surface area contributed by atoms with E-state index in [-0.39, 0.29) is 5.75 Å². The Bertz CT molecular complexity index is 974. The van der Waals surface area contributed by atoms with Crippen LogP contribution in [-0.2, 0) is 16.4 Å². The Balaban J connectivity index is 1.56. The SMILES string of the molecule is CCOc1ccc(Nc2ccc(NS(=O)(=O)CCc3ccccc3)cn2)cc1. The number of benzene rings is 2. The number of hydrogen-bond acceptors (Lipinski definition) is 5. The summed E-state index contributed by atoms with van der Waals surface area (Å²) in [5.74, 6) is 1.45. The molecule has 0 amide bonds. The number of aryl methyl sites for hydroxylation is 1. The summed E-state index contributed by atoms with van der Waals surface area (Å²) in [5, 5.41) is 3.17. The van der Waals surface area contributed by atoms with Gasteiger partial charge in [0.05, 0.1) is 24.2 Å². The van der Waals surface area contributed by atoms with Crippen molar-refractivity contribution in [3.63, 3.8) is 0 Å². The molecule has 0 fully saturated rings. The molecule has 0 atom stereocenters. The molecule has 2 aromatic carbocycles. The first-order valence-corrected chi connectivity index (χ1v) is 10.7. The minimum absolute atomic E-state index is 0.0171. The molecule has 2 N–H and O–H groups in total. The zero-order valence-electron chi connectivity index (χ0n) is 15.6. The van der Waals surface area contributed by atoms with Crippen LogP contribution in [0.3, 0.4) is 0 Å². The van der Waals surface area contributed by atoms with Crippen LogP contribution < -0.4 is 14.8 Å². The van der Waals surface area contributed by atoms with Gasteiger partial charge in [0.2, 0.25) is 10.0 Å². The summed E-state index contributed by atoms with van der Waals surface area (Å²) < 4.78 is 32.5. The van der Waals surface area contributed by atoms with Crippen molar-refractivity contribution in [2.24, 2.45) is 0 Å². The second-order valence-corrected chi connectivity index (χ2v) is 8.01. The van der Waals surface area contributed by atoms with Crippen molar-refractivity contribution in [2.45, 2.75) is 13.3 Å². The third-order valence-electron chi connectivity index (χ3n) is 3.98. The highest BCUT2D eigenvalue weighted by molar-refractivity contribution is 7.92. The average Bonchev–Trinajstić information content (AvgIpc) is 2.70. The van der Waals surface area contributed by atoms with Crippen molar-refractivity contribution < 1.29 is 13.2 Å². The van der Waals surface area contributed by atoms with Crippen molar-refractivity contribution in [2.75, 3.05) is 22.4 Å². The zero-order chi connectivity index (χ0) is 19.8. The summed E-state index contributed by atoms with van der Waals surface area (Å²) in [4.78, 5) is 4.27. The van der Waals surface area contributed by atoms with E-state index in [0.29, 0.717) is 24.5 Å². The van der Waals surface area contributed by atoms with Gasteiger partial charge in [-0.2, -0.15) is 0 Å². The Labute approximate surface area is 165 Å². The van der Waals surface area contributed by atoms with Gasteiger partial charge in [-0.3, -0.25) is 4.72 Å². The van der Waals surface area contributed by atoms with Crippen molar-refractivity contribution >= 4 is 27.2 Å². The number of aromatic nitrogens is 1. The smallest absolute Gasteiger partial charge is 0.233 e. The number of hydrogen-bond donors (Lipinski definition) is 2. The van der Waals surface area contributed by atoms with Gasteiger partial charge >= 0.3 is 0 Å². The molecule has 0 spiro atoms. The van der Waals surface area contributed by atoms with Crippen LogP contribution in [0.15, 0.2) is 72.9 Å². The number of sulfonamides is 1. The average molecular weight is 398 g/mol. The number of rotatable bonds is 9. The second-order valence-electron chi connectivity index (χ2n) is 6.17. The minimum Gasteiger partial charge on any atom is -0.494 e. The normalized spacial score (nSPS) is 11.0. The molecule has 0 aliphatic heterocycles. The lowest BCUT2D eigenvalue weighted by molar-refractivity contribution is 0.340. The van der Waals surface area contributed by atoms with Crippen molar-refractivity contribution in [1.82, 2.24) is 4.98 Å². The monoisotopic (exact) mass is 397 g/mol. The number of anilines is 3. The van der Waals surface area contributed by atoms with Gasteiger partial charge < -0.3 is 10.1 Å². The lowest BCUT2D eigenvalue weighted by Crippen LogP contribution is -2.18. The maximum atomic E-state index is 12.3. The highest BCUT2D eigenvalue weighted by Gasteiger charge is 2.11. The van der Waals surface area contributed by atoms with Crippen LogP contribution in [0.25, 0.3) is 0 Å². The van der Waals surface area contributed by atoms with E-state index >= 15 is 0 Å². The van der Waals surface area contributed by atoms with Crippen molar-refractivity contribution in [1.29, 1.82) is 0 Å². The Hall–Kier alpha value is -3.06. The molecule has 7 heteroatoms. The maximum Gasteiger partial charge on any atom is 0.233 e. The standard InChI is InChI=1S/C21H23N3O3S/c1-2-27-20-11-8-18(9-12-20)23-21-13-10-19(16-22-21)24-28(25,26)15-14-17-6-4-3-5-7-17/h3-13,16,24H,2,14-15H2,1H3,(H,22,23). The van der Waals surface area contributed by atoms with Gasteiger partial charge in [-0.1, -0.05) is 30.3 Å². The molecule has 0 radical (unpaired) electrons. The van der Waals surface area contributed by atoms with Gasteiger partial charge in [0.1, 0.15) is 11.6 Å². The van der Waals surface area contributed by atoms with Crippen LogP contribution in [0.1, 0.15) is 12.5 Å². The highest BCUT2D eigenvalue weighted by atomic mass is 32.2. The van der Waals surface area contributed by atoms with Crippen LogP contribution >= 0.6 is 0 Å². The Morgan fingerprint density at radius 2 is 1.64 bits per heavy atom. The first-order valence-electron chi connectivity index (χ1n) is 9.04. The lowest BCUT2D eigenvalue weighted by Gasteiger charge is -2.10. The summed E-state index contributed by atoms with van der Waals surface area (Å²) in [6.07, 6.45) is 1.96. The van der Waals surface area contributed by atoms with Gasteiger partial charge in [0, 0.05) is 5.69 Å². The Morgan fingerprint density at radius 3 is 2.29 bits per heavy atom. The van der Waals surface area contributed by atoms with E-state index < -0.39 is 10.0 Å². The number of nitrogens with zero attached hydrogens (tertiary/aromatic N) is 1. The molecule has 1 heterocycles. The predicted octanol–water partition coefficient (Wildman–Crippen LogP) is 4.21. The van der Waals surface area contributed by atoms with E-state index in [1.165, 1.54) is 6.20 Å². The molecule has 0 saturated carbocycles. The van der Waals surface area contributed by atoms with E-state index in [1.807, 2.05) is 61.5 Å². The van der Waals surface area contributed by atoms with E-state index in [2.05, 4.69) is 15.0 Å². The number of pyridine rings is 1. The third kappa shape index (κ3) is 5.99. The molecule has 6 nitrogen and oxygen atoms in total. The first kappa shape index (κ1) is 19.7. The fourth-order valence-electron chi connectivity index (χ4n) is 2.60. The van der Waals surface area contributed by atoms with E-state index in [9.17, 15) is 8.42 Å². The minimum atomic E-state index is -3.44. The molecule has 0 aliphatic carbocycles. The molecule has 0 aliphatic rings. The molecular formula is C21H23N3O3S. The molecular weight excluding hydrogens is 374 g/mol. The summed E-state index contributed by atoms with van der Waals surface area (Å²) >= 11 is 0. The largest absolute Gasteiger partial charge is 0.494 e. The quantitative estimate of drug-likeness (QED) is 0.565. The lowest BCUT2D eigenvalue weighted by atomic mass is 10.2. The number of nitrogens with one attached hydrogen (secondary N) is 2. The summed E-state index contributed by atoms with van der Waals surface area (Å²) in [6.45, 7) is 2.56. The summed E-state index contributed by atoms with van der Waals surface area (Å²) in [6, 6.07) is 20.5. The molecule has 0 unspecified atom stereocenters. The molecule has 146 valence electrons. The molecule has 3 rings (SSSR count). The van der Waals surface area contributed by atoms with Gasteiger partial charge in [0.25, 0.3) is 0 Å². The second kappa shape index (κ2) is 9.23. The van der Waals surface area contributed by atoms with Gasteiger partial charge in [-0.25, -0.2) is 13.4 Å². The Kier molecular flexibility index (Phi) is 6.49. The molecule has 3 aromatic rings. The third-order valence-corrected chi connectivity index (χ3v) is 5.27. The fourth-order valence-corrected chi connectivity index (χ4v) is 3.69. The highest BCUT2D eigenvalue weighted by Crippen LogP contribution is 2.20. The fraction of sp³-hybridized carbons (Fsp3) is 0.190. The molecule has 28 heavy (non-hydrogen) atoms. The van der Waals surface area contributed by atoms with Crippen LogP contribution in [0, 0.1) is 0 Å². The van der Waals surface area contributed by atoms with Gasteiger partial charge in [0.15, 0.2) is 0 Å². The first-order chi connectivity index (χ1) is 13.5. The Morgan fingerprint density at radius 1 is 0.929 bits per heavy atom.